The molecular weight excluding hydrogens is 348 g/mol. The lowest BCUT2D eigenvalue weighted by Gasteiger charge is -2.09. The first-order valence-corrected chi connectivity index (χ1v) is 9.31. The molecule has 0 saturated heterocycles. The minimum Gasteiger partial charge on any atom is -0.356 e. The first kappa shape index (κ1) is 18.5. The summed E-state index contributed by atoms with van der Waals surface area (Å²) in [5.74, 6) is -0.565. The summed E-state index contributed by atoms with van der Waals surface area (Å²) in [5, 5.41) is 6.48. The monoisotopic (exact) mass is 370 g/mol. The molecule has 0 radical (unpaired) electrons. The van der Waals surface area contributed by atoms with E-state index in [1.165, 1.54) is 5.56 Å². The number of benzene rings is 2. The SMILES string of the molecule is Cc1cc(Cl)ccc1NC(=O)C1CC1C(=O)NCCCc1ccccc1. The number of hydrogen-bond donors (Lipinski definition) is 2. The molecule has 2 aromatic carbocycles. The van der Waals surface area contributed by atoms with Crippen molar-refractivity contribution in [2.75, 3.05) is 11.9 Å². The fourth-order valence-electron chi connectivity index (χ4n) is 3.05. The number of halogens is 1. The molecule has 4 nitrogen and oxygen atoms in total. The Morgan fingerprint density at radius 3 is 2.54 bits per heavy atom. The number of amides is 2. The van der Waals surface area contributed by atoms with Gasteiger partial charge in [0.1, 0.15) is 0 Å². The van der Waals surface area contributed by atoms with Gasteiger partial charge >= 0.3 is 0 Å². The minimum atomic E-state index is -0.237. The van der Waals surface area contributed by atoms with E-state index in [1.807, 2.05) is 25.1 Å². The normalized spacial score (nSPS) is 18.2. The van der Waals surface area contributed by atoms with E-state index in [-0.39, 0.29) is 23.7 Å². The number of hydrogen-bond acceptors (Lipinski definition) is 2. The second kappa shape index (κ2) is 8.37. The first-order valence-electron chi connectivity index (χ1n) is 8.93. The zero-order valence-electron chi connectivity index (χ0n) is 14.8. The van der Waals surface area contributed by atoms with Gasteiger partial charge in [-0.1, -0.05) is 41.9 Å². The quantitative estimate of drug-likeness (QED) is 0.724. The molecule has 1 aliphatic carbocycles. The van der Waals surface area contributed by atoms with E-state index in [2.05, 4.69) is 22.8 Å². The first-order chi connectivity index (χ1) is 12.5. The summed E-state index contributed by atoms with van der Waals surface area (Å²) in [6, 6.07) is 15.5. The highest BCUT2D eigenvalue weighted by Crippen LogP contribution is 2.39. The highest BCUT2D eigenvalue weighted by molar-refractivity contribution is 6.30. The third-order valence-electron chi connectivity index (χ3n) is 4.69. The summed E-state index contributed by atoms with van der Waals surface area (Å²) >= 11 is 5.93. The molecule has 2 atom stereocenters. The van der Waals surface area contributed by atoms with Gasteiger partial charge in [0.25, 0.3) is 0 Å². The van der Waals surface area contributed by atoms with Crippen LogP contribution in [0, 0.1) is 18.8 Å². The van der Waals surface area contributed by atoms with Crippen LogP contribution in [0.1, 0.15) is 24.0 Å². The van der Waals surface area contributed by atoms with Crippen LogP contribution >= 0.6 is 11.6 Å². The number of aryl methyl sites for hydroxylation is 2. The zero-order chi connectivity index (χ0) is 18.5. The number of nitrogens with one attached hydrogen (secondary N) is 2. The van der Waals surface area contributed by atoms with Gasteiger partial charge in [-0.15, -0.1) is 0 Å². The van der Waals surface area contributed by atoms with Crippen LogP contribution in [0.15, 0.2) is 48.5 Å². The molecule has 136 valence electrons. The standard InChI is InChI=1S/C21H23ClN2O2/c1-14-12-16(22)9-10-19(14)24-21(26)18-13-17(18)20(25)23-11-5-8-15-6-3-2-4-7-15/h2-4,6-7,9-10,12,17-18H,5,8,11,13H2,1H3,(H,23,25)(H,24,26). The molecule has 1 saturated carbocycles. The Labute approximate surface area is 158 Å². The topological polar surface area (TPSA) is 58.2 Å². The predicted octanol–water partition coefficient (Wildman–Crippen LogP) is 3.97. The van der Waals surface area contributed by atoms with Gasteiger partial charge in [0.15, 0.2) is 0 Å². The molecule has 2 aromatic rings. The van der Waals surface area contributed by atoms with E-state index >= 15 is 0 Å². The molecule has 2 unspecified atom stereocenters. The summed E-state index contributed by atoms with van der Waals surface area (Å²) in [7, 11) is 0. The van der Waals surface area contributed by atoms with Crippen molar-refractivity contribution in [3.8, 4) is 0 Å². The van der Waals surface area contributed by atoms with Crippen LogP contribution in [0.4, 0.5) is 5.69 Å². The van der Waals surface area contributed by atoms with E-state index in [1.54, 1.807) is 18.2 Å². The Morgan fingerprint density at radius 1 is 1.08 bits per heavy atom. The molecule has 5 heteroatoms. The smallest absolute Gasteiger partial charge is 0.228 e. The van der Waals surface area contributed by atoms with Gasteiger partial charge in [-0.05, 0) is 55.5 Å². The fourth-order valence-corrected chi connectivity index (χ4v) is 3.27. The summed E-state index contributed by atoms with van der Waals surface area (Å²) in [4.78, 5) is 24.5. The van der Waals surface area contributed by atoms with Crippen molar-refractivity contribution < 1.29 is 9.59 Å². The molecule has 3 rings (SSSR count). The Balaban J connectivity index is 1.40. The maximum Gasteiger partial charge on any atom is 0.228 e. The van der Waals surface area contributed by atoms with Crippen molar-refractivity contribution in [2.45, 2.75) is 26.2 Å². The van der Waals surface area contributed by atoms with E-state index < -0.39 is 0 Å². The van der Waals surface area contributed by atoms with Crippen LogP contribution < -0.4 is 10.6 Å². The van der Waals surface area contributed by atoms with Crippen LogP contribution in [0.3, 0.4) is 0 Å². The highest BCUT2D eigenvalue weighted by Gasteiger charge is 2.47. The predicted molar refractivity (Wildman–Crippen MR) is 104 cm³/mol. The van der Waals surface area contributed by atoms with E-state index in [0.29, 0.717) is 18.0 Å². The van der Waals surface area contributed by atoms with Crippen LogP contribution in [0.2, 0.25) is 5.02 Å². The molecular formula is C21H23ClN2O2. The lowest BCUT2D eigenvalue weighted by Crippen LogP contribution is -2.28. The molecule has 2 N–H and O–H groups in total. The summed E-state index contributed by atoms with van der Waals surface area (Å²) < 4.78 is 0. The molecule has 0 aromatic heterocycles. The number of rotatable bonds is 7. The maximum absolute atomic E-state index is 12.3. The average molecular weight is 371 g/mol. The minimum absolute atomic E-state index is 0.0222. The van der Waals surface area contributed by atoms with Gasteiger partial charge < -0.3 is 10.6 Å². The molecule has 0 bridgehead atoms. The van der Waals surface area contributed by atoms with Crippen molar-refractivity contribution >= 4 is 29.1 Å². The number of carbonyl (C=O) groups is 2. The van der Waals surface area contributed by atoms with Gasteiger partial charge in [-0.2, -0.15) is 0 Å². The van der Waals surface area contributed by atoms with Crippen molar-refractivity contribution in [2.24, 2.45) is 11.8 Å². The number of anilines is 1. The number of carbonyl (C=O) groups excluding carboxylic acids is 2. The highest BCUT2D eigenvalue weighted by atomic mass is 35.5. The Hall–Kier alpha value is -2.33. The van der Waals surface area contributed by atoms with Crippen LogP contribution in [-0.4, -0.2) is 18.4 Å². The van der Waals surface area contributed by atoms with Crippen LogP contribution in [0.5, 0.6) is 0 Å². The summed E-state index contributed by atoms with van der Waals surface area (Å²) in [6.45, 7) is 2.53. The third-order valence-corrected chi connectivity index (χ3v) is 4.93. The Kier molecular flexibility index (Phi) is 5.94. The Bertz CT molecular complexity index is 792. The molecule has 1 fully saturated rings. The second-order valence-electron chi connectivity index (χ2n) is 6.78. The Morgan fingerprint density at radius 2 is 1.81 bits per heavy atom. The lowest BCUT2D eigenvalue weighted by atomic mass is 10.1. The van der Waals surface area contributed by atoms with Crippen molar-refractivity contribution in [1.29, 1.82) is 0 Å². The van der Waals surface area contributed by atoms with Gasteiger partial charge in [0.2, 0.25) is 11.8 Å². The molecule has 0 spiro atoms. The van der Waals surface area contributed by atoms with Gasteiger partial charge in [-0.3, -0.25) is 9.59 Å². The van der Waals surface area contributed by atoms with Crippen LogP contribution in [0.25, 0.3) is 0 Å². The molecule has 1 aliphatic rings. The van der Waals surface area contributed by atoms with Crippen molar-refractivity contribution in [1.82, 2.24) is 5.32 Å². The van der Waals surface area contributed by atoms with Crippen LogP contribution in [-0.2, 0) is 16.0 Å². The van der Waals surface area contributed by atoms with Crippen molar-refractivity contribution in [3.05, 3.63) is 64.7 Å². The zero-order valence-corrected chi connectivity index (χ0v) is 15.6. The second-order valence-corrected chi connectivity index (χ2v) is 7.21. The fraction of sp³-hybridized carbons (Fsp3) is 0.333. The third kappa shape index (κ3) is 4.85. The molecule has 26 heavy (non-hydrogen) atoms. The van der Waals surface area contributed by atoms with Gasteiger partial charge in [-0.25, -0.2) is 0 Å². The molecule has 0 heterocycles. The maximum atomic E-state index is 12.3. The molecule has 2 amide bonds. The van der Waals surface area contributed by atoms with E-state index in [0.717, 1.165) is 24.1 Å². The van der Waals surface area contributed by atoms with Crippen molar-refractivity contribution in [3.63, 3.8) is 0 Å². The summed E-state index contributed by atoms with van der Waals surface area (Å²) in [5.41, 5.74) is 2.92. The van der Waals surface area contributed by atoms with E-state index in [4.69, 9.17) is 11.6 Å². The van der Waals surface area contributed by atoms with Gasteiger partial charge in [0, 0.05) is 17.3 Å². The largest absolute Gasteiger partial charge is 0.356 e. The molecule has 0 aliphatic heterocycles. The van der Waals surface area contributed by atoms with Gasteiger partial charge in [0.05, 0.1) is 11.8 Å². The average Bonchev–Trinajstić information content (AvgIpc) is 3.43. The summed E-state index contributed by atoms with van der Waals surface area (Å²) in [6.07, 6.45) is 2.44. The van der Waals surface area contributed by atoms with E-state index in [9.17, 15) is 9.59 Å². The lowest BCUT2D eigenvalue weighted by molar-refractivity contribution is -0.125.